The smallest absolute Gasteiger partial charge is 0.358 e. The molecule has 0 saturated carbocycles. The van der Waals surface area contributed by atoms with Gasteiger partial charge in [0.15, 0.2) is 0 Å². The molecule has 0 aliphatic heterocycles. The molecule has 2 heterocycles. The van der Waals surface area contributed by atoms with Gasteiger partial charge < -0.3 is 47.1 Å². The molecule has 0 aliphatic rings. The molecular weight excluding hydrogens is 666 g/mol. The number of fused-ring (bicyclic) bond motifs is 2. The molecule has 48 heavy (non-hydrogen) atoms. The van der Waals surface area contributed by atoms with Crippen molar-refractivity contribution in [1.29, 1.82) is 0 Å². The zero-order valence-corrected chi connectivity index (χ0v) is 31.7. The van der Waals surface area contributed by atoms with Crippen molar-refractivity contribution in [3.63, 3.8) is 0 Å². The molecule has 0 amide bonds. The van der Waals surface area contributed by atoms with Gasteiger partial charge >= 0.3 is 37.1 Å². The average molecular weight is 709 g/mol. The number of aryl methyl sites for hydroxylation is 4. The monoisotopic (exact) mass is 708 g/mol. The van der Waals surface area contributed by atoms with Crippen LogP contribution in [0.4, 0.5) is 23.0 Å². The van der Waals surface area contributed by atoms with Crippen LogP contribution in [0.5, 0.6) is 0 Å². The van der Waals surface area contributed by atoms with Gasteiger partial charge in [0.2, 0.25) is 0 Å². The largest absolute Gasteiger partial charge is 2.00 e. The summed E-state index contributed by atoms with van der Waals surface area (Å²) in [6.45, 7) is 27.4. The zero-order valence-electron chi connectivity index (χ0n) is 28.9. The van der Waals surface area contributed by atoms with E-state index in [1.54, 1.807) is 12.7 Å². The van der Waals surface area contributed by atoms with Crippen LogP contribution in [0.25, 0.3) is 34.0 Å². The molecule has 0 saturated heterocycles. The van der Waals surface area contributed by atoms with Crippen molar-refractivity contribution in [3.8, 4) is 0 Å². The summed E-state index contributed by atoms with van der Waals surface area (Å²) in [7, 11) is 0. The summed E-state index contributed by atoms with van der Waals surface area (Å²) in [4.78, 5) is 17.4. The van der Waals surface area contributed by atoms with E-state index >= 15 is 0 Å². The number of hydrogen-bond acceptors (Lipinski definition) is 6. The van der Waals surface area contributed by atoms with Crippen molar-refractivity contribution in [3.05, 3.63) is 132 Å². The van der Waals surface area contributed by atoms with Gasteiger partial charge in [0.1, 0.15) is 24.3 Å². The predicted octanol–water partition coefficient (Wildman–Crippen LogP) is 10.5. The van der Waals surface area contributed by atoms with Gasteiger partial charge in [-0.1, -0.05) is 39.1 Å². The first-order chi connectivity index (χ1) is 22.3. The minimum absolute atomic E-state index is 0. The second-order valence-electron chi connectivity index (χ2n) is 9.97. The van der Waals surface area contributed by atoms with E-state index in [-0.39, 0.29) is 37.1 Å². The Morgan fingerprint density at radius 2 is 0.896 bits per heavy atom. The summed E-state index contributed by atoms with van der Waals surface area (Å²) in [6, 6.07) is 26.2. The molecule has 0 fully saturated rings. The molecule has 242 valence electrons. The fraction of sp³-hybridized carbons (Fsp3) is 0.200. The number of rotatable bonds is 6. The Hall–Kier alpha value is -4.19. The van der Waals surface area contributed by atoms with Gasteiger partial charge in [0, 0.05) is 10.8 Å². The van der Waals surface area contributed by atoms with Gasteiger partial charge in [-0.2, -0.15) is 12.1 Å². The van der Waals surface area contributed by atoms with Gasteiger partial charge in [0.25, 0.3) is 0 Å². The van der Waals surface area contributed by atoms with E-state index in [2.05, 4.69) is 94.7 Å². The molecule has 0 aliphatic carbocycles. The van der Waals surface area contributed by atoms with Crippen molar-refractivity contribution in [1.82, 2.24) is 19.9 Å². The van der Waals surface area contributed by atoms with E-state index in [4.69, 9.17) is 13.2 Å². The molecule has 0 bridgehead atoms. The van der Waals surface area contributed by atoms with Crippen LogP contribution < -0.4 is 10.6 Å². The maximum atomic E-state index is 5.53. The van der Waals surface area contributed by atoms with Crippen LogP contribution in [0.3, 0.4) is 0 Å². The molecule has 0 unspecified atom stereocenters. The number of nitrogens with zero attached hydrogens (tertiary/aromatic N) is 4. The maximum absolute atomic E-state index is 5.53. The van der Waals surface area contributed by atoms with Crippen molar-refractivity contribution in [2.24, 2.45) is 0 Å². The molecule has 2 aromatic heterocycles. The SMILES string of the molecule is CC.CC.[CH-]=Cc1[c-]c(Nc2ncnc3cc(C)c(C)cc23)ccc1.[CH-]=Cc1[c-]c(Nc2ncnc3cc(C)c(C)cc23)ccc1.[V+2].[V+2]. The number of nitrogens with one attached hydrogen (secondary N) is 2. The second-order valence-corrected chi connectivity index (χ2v) is 9.97. The van der Waals surface area contributed by atoms with Gasteiger partial charge in [-0.3, -0.25) is 0 Å². The minimum atomic E-state index is 0. The third kappa shape index (κ3) is 10.9. The summed E-state index contributed by atoms with van der Waals surface area (Å²) in [5, 5.41) is 8.57. The van der Waals surface area contributed by atoms with Crippen molar-refractivity contribution in [2.75, 3.05) is 10.6 Å². The molecule has 0 atom stereocenters. The van der Waals surface area contributed by atoms with E-state index in [0.29, 0.717) is 0 Å². The number of hydrogen-bond donors (Lipinski definition) is 2. The van der Waals surface area contributed by atoms with E-state index < -0.39 is 0 Å². The van der Waals surface area contributed by atoms with Gasteiger partial charge in [-0.25, -0.2) is 44.2 Å². The Labute approximate surface area is 310 Å². The van der Waals surface area contributed by atoms with Crippen LogP contribution in [-0.2, 0) is 37.1 Å². The van der Waals surface area contributed by atoms with Crippen LogP contribution in [0.2, 0.25) is 0 Å². The molecule has 6 aromatic rings. The number of anilines is 4. The Morgan fingerprint density at radius 1 is 0.542 bits per heavy atom. The summed E-state index contributed by atoms with van der Waals surface area (Å²) in [5.41, 5.74) is 10.1. The summed E-state index contributed by atoms with van der Waals surface area (Å²) < 4.78 is 0. The van der Waals surface area contributed by atoms with E-state index in [1.807, 2.05) is 64.1 Å². The first-order valence-electron chi connectivity index (χ1n) is 15.5. The molecule has 2 N–H and O–H groups in total. The second kappa shape index (κ2) is 20.9. The number of aromatic nitrogens is 4. The Balaban J connectivity index is 0.000000419. The molecule has 6 nitrogen and oxygen atoms in total. The van der Waals surface area contributed by atoms with Crippen molar-refractivity contribution in [2.45, 2.75) is 55.4 Å². The predicted molar refractivity (Wildman–Crippen MR) is 195 cm³/mol. The number of benzene rings is 4. The Bertz CT molecular complexity index is 1800. The fourth-order valence-electron chi connectivity index (χ4n) is 4.40. The van der Waals surface area contributed by atoms with Crippen LogP contribution in [0, 0.1) is 53.0 Å². The topological polar surface area (TPSA) is 75.6 Å². The van der Waals surface area contributed by atoms with Gasteiger partial charge in [-0.15, -0.1) is 12.1 Å². The summed E-state index contributed by atoms with van der Waals surface area (Å²) >= 11 is 0. The van der Waals surface area contributed by atoms with Crippen LogP contribution >= 0.6 is 0 Å². The van der Waals surface area contributed by atoms with Crippen LogP contribution in [0.15, 0.2) is 73.3 Å². The maximum Gasteiger partial charge on any atom is 2.00 e. The quantitative estimate of drug-likeness (QED) is 0.168. The zero-order chi connectivity index (χ0) is 33.6. The van der Waals surface area contributed by atoms with Gasteiger partial charge in [-0.05, 0) is 74.2 Å². The third-order valence-corrected chi connectivity index (χ3v) is 7.00. The van der Waals surface area contributed by atoms with E-state index in [0.717, 1.165) is 55.9 Å². The normalized spacial score (nSPS) is 9.50. The summed E-state index contributed by atoms with van der Waals surface area (Å²) in [6.07, 6.45) is 6.18. The third-order valence-electron chi connectivity index (χ3n) is 7.00. The van der Waals surface area contributed by atoms with Gasteiger partial charge in [0.05, 0.1) is 11.0 Å². The molecule has 4 aromatic carbocycles. The summed E-state index contributed by atoms with van der Waals surface area (Å²) in [5.74, 6) is 1.54. The first-order valence-corrected chi connectivity index (χ1v) is 15.5. The molecular formula is C40H42N6V2. The van der Waals surface area contributed by atoms with Crippen molar-refractivity contribution >= 4 is 57.0 Å². The Kier molecular flexibility index (Phi) is 18.2. The Morgan fingerprint density at radius 3 is 1.25 bits per heavy atom. The fourth-order valence-corrected chi connectivity index (χ4v) is 4.40. The van der Waals surface area contributed by atoms with Crippen LogP contribution in [-0.4, -0.2) is 19.9 Å². The minimum Gasteiger partial charge on any atom is -0.358 e. The molecule has 8 heteroatoms. The van der Waals surface area contributed by atoms with Crippen LogP contribution in [0.1, 0.15) is 61.1 Å². The molecule has 0 spiro atoms. The standard InChI is InChI=1S/2C18H15N3.2C2H6.2V/c2*1-4-14-6-5-7-15(10-14)21-18-16-8-12(2)13(3)9-17(16)19-11-20-18;2*1-2;;/h2*1,4-9,11H,2-3H3,(H,19,20,21);2*1-2H3;;/q2*-2;;;2*+2. The van der Waals surface area contributed by atoms with Crippen molar-refractivity contribution < 1.29 is 37.1 Å². The molecule has 2 radical (unpaired) electrons. The average Bonchev–Trinajstić information content (AvgIpc) is 3.09. The van der Waals surface area contributed by atoms with E-state index in [9.17, 15) is 0 Å². The van der Waals surface area contributed by atoms with E-state index in [1.165, 1.54) is 34.4 Å². The molecule has 6 rings (SSSR count). The first kappa shape index (κ1) is 41.8.